The molecule has 0 spiro atoms. The molecule has 0 fully saturated rings. The van der Waals surface area contributed by atoms with Crippen LogP contribution in [0.3, 0.4) is 0 Å². The van der Waals surface area contributed by atoms with Gasteiger partial charge in [-0.05, 0) is 24.3 Å². The summed E-state index contributed by atoms with van der Waals surface area (Å²) in [7, 11) is 0. The molecule has 0 unspecified atom stereocenters. The third kappa shape index (κ3) is 3.37. The molecule has 160 valence electrons. The highest BCUT2D eigenvalue weighted by atomic mass is 35.5. The van der Waals surface area contributed by atoms with Crippen LogP contribution < -0.4 is 15.0 Å². The lowest BCUT2D eigenvalue weighted by Gasteiger charge is -2.28. The Labute approximate surface area is 187 Å². The maximum absolute atomic E-state index is 12.8. The maximum Gasteiger partial charge on any atom is 0.255 e. The maximum atomic E-state index is 12.8. The quantitative estimate of drug-likeness (QED) is 0.481. The first-order valence-corrected chi connectivity index (χ1v) is 10.7. The average molecular weight is 448 g/mol. The highest BCUT2D eigenvalue weighted by molar-refractivity contribution is 6.30. The minimum Gasteiger partial charge on any atom is -0.454 e. The summed E-state index contributed by atoms with van der Waals surface area (Å²) in [6.45, 7) is 2.07. The molecule has 0 saturated carbocycles. The fraction of sp³-hybridized carbons (Fsp3) is 0.217. The molecule has 0 radical (unpaired) electrons. The van der Waals surface area contributed by atoms with Crippen molar-refractivity contribution in [3.63, 3.8) is 0 Å². The van der Waals surface area contributed by atoms with Gasteiger partial charge in [0.1, 0.15) is 11.0 Å². The molecule has 4 aromatic rings. The van der Waals surface area contributed by atoms with E-state index in [0.717, 1.165) is 34.3 Å². The Bertz CT molecular complexity index is 1410. The first-order valence-electron chi connectivity index (χ1n) is 10.3. The van der Waals surface area contributed by atoms with E-state index in [9.17, 15) is 4.79 Å². The van der Waals surface area contributed by atoms with Crippen molar-refractivity contribution in [3.05, 3.63) is 75.1 Å². The van der Waals surface area contributed by atoms with E-state index in [1.54, 1.807) is 12.4 Å². The predicted octanol–water partition coefficient (Wildman–Crippen LogP) is 3.32. The molecule has 1 aromatic carbocycles. The number of benzene rings is 1. The topological polar surface area (TPSA) is 93.2 Å². The van der Waals surface area contributed by atoms with E-state index in [-0.39, 0.29) is 12.4 Å². The Balaban J connectivity index is 1.27. The third-order valence-electron chi connectivity index (χ3n) is 5.83. The molecule has 9 heteroatoms. The molecule has 0 atom stereocenters. The number of ether oxygens (including phenoxy) is 2. The number of rotatable bonds is 3. The van der Waals surface area contributed by atoms with Crippen LogP contribution in [0.15, 0.2) is 47.5 Å². The van der Waals surface area contributed by atoms with Gasteiger partial charge in [-0.2, -0.15) is 0 Å². The van der Waals surface area contributed by atoms with Gasteiger partial charge in [0, 0.05) is 61.0 Å². The monoisotopic (exact) mass is 447 g/mol. The van der Waals surface area contributed by atoms with E-state index in [1.807, 2.05) is 30.3 Å². The summed E-state index contributed by atoms with van der Waals surface area (Å²) in [5.41, 5.74) is 3.93. The largest absolute Gasteiger partial charge is 0.454 e. The Morgan fingerprint density at radius 2 is 1.91 bits per heavy atom. The van der Waals surface area contributed by atoms with Crippen LogP contribution in [0.25, 0.3) is 22.3 Å². The summed E-state index contributed by atoms with van der Waals surface area (Å²) >= 11 is 6.50. The van der Waals surface area contributed by atoms with E-state index in [1.165, 1.54) is 0 Å². The fourth-order valence-corrected chi connectivity index (χ4v) is 4.40. The van der Waals surface area contributed by atoms with Gasteiger partial charge in [0.25, 0.3) is 5.56 Å². The molecule has 6 rings (SSSR count). The molecule has 8 nitrogen and oxygen atoms in total. The van der Waals surface area contributed by atoms with Crippen molar-refractivity contribution in [1.82, 2.24) is 24.8 Å². The lowest BCUT2D eigenvalue weighted by molar-refractivity contribution is 0.174. The van der Waals surface area contributed by atoms with Crippen molar-refractivity contribution in [2.75, 3.05) is 13.3 Å². The molecule has 3 aromatic heterocycles. The van der Waals surface area contributed by atoms with Crippen LogP contribution in [-0.2, 0) is 19.5 Å². The second-order valence-corrected chi connectivity index (χ2v) is 8.23. The van der Waals surface area contributed by atoms with Gasteiger partial charge in [0.2, 0.25) is 6.79 Å². The smallest absolute Gasteiger partial charge is 0.255 e. The van der Waals surface area contributed by atoms with Gasteiger partial charge >= 0.3 is 0 Å². The minimum atomic E-state index is -0.109. The third-order valence-corrected chi connectivity index (χ3v) is 6.16. The van der Waals surface area contributed by atoms with Gasteiger partial charge in [0.05, 0.1) is 16.8 Å². The number of fused-ring (bicyclic) bond motifs is 3. The Kier molecular flexibility index (Phi) is 4.55. The zero-order valence-corrected chi connectivity index (χ0v) is 17.7. The SMILES string of the molecule is O=c1[nH]c(-c2ccncc2)nc2c1CN(Cc1cc3cc4c(cc3nc1Cl)OCO4)CC2. The van der Waals surface area contributed by atoms with E-state index >= 15 is 0 Å². The van der Waals surface area contributed by atoms with Gasteiger partial charge in [-0.15, -0.1) is 0 Å². The highest BCUT2D eigenvalue weighted by Crippen LogP contribution is 2.36. The minimum absolute atomic E-state index is 0.109. The summed E-state index contributed by atoms with van der Waals surface area (Å²) in [6.07, 6.45) is 4.06. The summed E-state index contributed by atoms with van der Waals surface area (Å²) in [5.74, 6) is 1.96. The van der Waals surface area contributed by atoms with Gasteiger partial charge in [0.15, 0.2) is 11.5 Å². The van der Waals surface area contributed by atoms with Crippen LogP contribution in [0.4, 0.5) is 0 Å². The fourth-order valence-electron chi connectivity index (χ4n) is 4.20. The lowest BCUT2D eigenvalue weighted by Crippen LogP contribution is -2.35. The average Bonchev–Trinajstić information content (AvgIpc) is 3.26. The van der Waals surface area contributed by atoms with Crippen molar-refractivity contribution < 1.29 is 9.47 Å². The van der Waals surface area contributed by atoms with Crippen molar-refractivity contribution in [1.29, 1.82) is 0 Å². The van der Waals surface area contributed by atoms with Crippen molar-refractivity contribution in [3.8, 4) is 22.9 Å². The van der Waals surface area contributed by atoms with Crippen LogP contribution in [-0.4, -0.2) is 38.2 Å². The molecule has 0 aliphatic carbocycles. The van der Waals surface area contributed by atoms with Crippen LogP contribution in [0, 0.1) is 0 Å². The Hall–Kier alpha value is -3.49. The standard InChI is InChI=1S/C23H18ClN5O3/c24-21-15(7-14-8-19-20(32-12-31-19)9-18(14)26-21)10-29-6-3-17-16(11-29)23(30)28-22(27-17)13-1-4-25-5-2-13/h1-2,4-5,7-9H,3,6,10-12H2,(H,27,28,30). The van der Waals surface area contributed by atoms with E-state index in [0.29, 0.717) is 47.6 Å². The normalized spacial score (nSPS) is 15.2. The van der Waals surface area contributed by atoms with E-state index in [2.05, 4.69) is 19.9 Å². The molecule has 0 bridgehead atoms. The molecular weight excluding hydrogens is 430 g/mol. The molecule has 2 aliphatic rings. The number of hydrogen-bond donors (Lipinski definition) is 1. The highest BCUT2D eigenvalue weighted by Gasteiger charge is 2.23. The number of aromatic nitrogens is 4. The van der Waals surface area contributed by atoms with E-state index in [4.69, 9.17) is 26.1 Å². The van der Waals surface area contributed by atoms with Gasteiger partial charge < -0.3 is 14.5 Å². The number of nitrogens with zero attached hydrogens (tertiary/aromatic N) is 4. The molecule has 5 heterocycles. The summed E-state index contributed by atoms with van der Waals surface area (Å²) < 4.78 is 10.9. The number of hydrogen-bond acceptors (Lipinski definition) is 7. The number of halogens is 1. The number of aromatic amines is 1. The Morgan fingerprint density at radius 3 is 2.75 bits per heavy atom. The first-order chi connectivity index (χ1) is 15.6. The van der Waals surface area contributed by atoms with Crippen LogP contribution in [0.5, 0.6) is 11.5 Å². The van der Waals surface area contributed by atoms with Crippen molar-refractivity contribution in [2.24, 2.45) is 0 Å². The molecule has 32 heavy (non-hydrogen) atoms. The summed E-state index contributed by atoms with van der Waals surface area (Å²) in [5, 5.41) is 1.38. The second kappa shape index (κ2) is 7.58. The number of H-pyrrole nitrogens is 1. The zero-order valence-electron chi connectivity index (χ0n) is 17.0. The Morgan fingerprint density at radius 1 is 1.09 bits per heavy atom. The van der Waals surface area contributed by atoms with Crippen molar-refractivity contribution >= 4 is 22.5 Å². The summed E-state index contributed by atoms with van der Waals surface area (Å²) in [4.78, 5) is 31.2. The molecule has 0 amide bonds. The second-order valence-electron chi connectivity index (χ2n) is 7.87. The number of pyridine rings is 2. The number of nitrogens with one attached hydrogen (secondary N) is 1. The van der Waals surface area contributed by atoms with Crippen LogP contribution in [0.2, 0.25) is 5.15 Å². The lowest BCUT2D eigenvalue weighted by atomic mass is 10.1. The van der Waals surface area contributed by atoms with Gasteiger partial charge in [-0.1, -0.05) is 11.6 Å². The molecular formula is C23H18ClN5O3. The van der Waals surface area contributed by atoms with Crippen LogP contribution >= 0.6 is 11.6 Å². The van der Waals surface area contributed by atoms with Gasteiger partial charge in [-0.3, -0.25) is 14.7 Å². The molecule has 0 saturated heterocycles. The van der Waals surface area contributed by atoms with E-state index < -0.39 is 0 Å². The zero-order chi connectivity index (χ0) is 21.7. The summed E-state index contributed by atoms with van der Waals surface area (Å²) in [6, 6.07) is 9.46. The molecule has 2 aliphatic heterocycles. The van der Waals surface area contributed by atoms with Crippen LogP contribution in [0.1, 0.15) is 16.8 Å². The first kappa shape index (κ1) is 19.2. The van der Waals surface area contributed by atoms with Crippen molar-refractivity contribution in [2.45, 2.75) is 19.5 Å². The predicted molar refractivity (Wildman–Crippen MR) is 119 cm³/mol. The molecule has 1 N–H and O–H groups in total. The van der Waals surface area contributed by atoms with Gasteiger partial charge in [-0.25, -0.2) is 9.97 Å².